The first kappa shape index (κ1) is 18.5. The highest BCUT2D eigenvalue weighted by Gasteiger charge is 2.11. The number of hydrogen-bond donors (Lipinski definition) is 4. The summed E-state index contributed by atoms with van der Waals surface area (Å²) in [6, 6.07) is 12.5. The van der Waals surface area contributed by atoms with Crippen LogP contribution in [-0.4, -0.2) is 27.2 Å². The molecule has 0 saturated carbocycles. The maximum absolute atomic E-state index is 11.6. The van der Waals surface area contributed by atoms with Gasteiger partial charge in [-0.15, -0.1) is 22.7 Å². The second-order valence-corrected chi connectivity index (χ2v) is 6.58. The van der Waals surface area contributed by atoms with Gasteiger partial charge in [-0.25, -0.2) is 4.79 Å². The molecule has 0 unspecified atom stereocenters. The van der Waals surface area contributed by atoms with Gasteiger partial charge in [0.15, 0.2) is 4.88 Å². The summed E-state index contributed by atoms with van der Waals surface area (Å²) in [4.78, 5) is 22.1. The second-order valence-electron chi connectivity index (χ2n) is 4.74. The van der Waals surface area contributed by atoms with E-state index in [9.17, 15) is 14.7 Å². The van der Waals surface area contributed by atoms with Gasteiger partial charge in [0, 0.05) is 6.54 Å². The van der Waals surface area contributed by atoms with Crippen molar-refractivity contribution in [1.29, 1.82) is 0 Å². The zero-order valence-electron chi connectivity index (χ0n) is 12.9. The maximum atomic E-state index is 11.6. The summed E-state index contributed by atoms with van der Waals surface area (Å²) in [5, 5.41) is 32.4. The molecule has 0 aliphatic carbocycles. The number of benzene rings is 1. The number of carbonyl (C=O) groups excluding carboxylic acids is 1. The zero-order valence-corrected chi connectivity index (χ0v) is 14.5. The van der Waals surface area contributed by atoms with Crippen LogP contribution in [0.1, 0.15) is 24.9 Å². The van der Waals surface area contributed by atoms with Crippen molar-refractivity contribution in [1.82, 2.24) is 5.32 Å². The smallest absolute Gasteiger partial charge is 0.349 e. The van der Waals surface area contributed by atoms with E-state index >= 15 is 0 Å². The molecule has 0 bridgehead atoms. The molecule has 130 valence electrons. The fourth-order valence-electron chi connectivity index (χ4n) is 1.79. The lowest BCUT2D eigenvalue weighted by Crippen LogP contribution is -2.21. The van der Waals surface area contributed by atoms with Gasteiger partial charge >= 0.3 is 5.97 Å². The summed E-state index contributed by atoms with van der Waals surface area (Å²) in [5.74, 6) is -1.44. The predicted molar refractivity (Wildman–Crippen MR) is 96.5 cm³/mol. The van der Waals surface area contributed by atoms with Crippen molar-refractivity contribution in [3.05, 3.63) is 68.5 Å². The number of carboxylic acid groups (broad SMARTS) is 1. The van der Waals surface area contributed by atoms with E-state index in [4.69, 9.17) is 10.2 Å². The number of aromatic hydroxyl groups is 2. The predicted octanol–water partition coefficient (Wildman–Crippen LogP) is 3.54. The second kappa shape index (κ2) is 8.86. The van der Waals surface area contributed by atoms with Gasteiger partial charge in [-0.3, -0.25) is 4.79 Å². The molecule has 0 saturated heterocycles. The molecular formula is C17H15NO5S2. The Balaban J connectivity index is 0.000000212. The van der Waals surface area contributed by atoms with Crippen LogP contribution >= 0.6 is 22.7 Å². The highest BCUT2D eigenvalue weighted by molar-refractivity contribution is 7.12. The first-order chi connectivity index (χ1) is 12.0. The SMILES string of the molecule is O=C(NCc1ccccc1)c1sccc1O.O=C(O)c1sccc1O. The minimum Gasteiger partial charge on any atom is -0.506 e. The lowest BCUT2D eigenvalue weighted by molar-refractivity contribution is 0.0699. The largest absolute Gasteiger partial charge is 0.506 e. The van der Waals surface area contributed by atoms with E-state index in [1.54, 1.807) is 5.38 Å². The van der Waals surface area contributed by atoms with Gasteiger partial charge in [-0.05, 0) is 28.5 Å². The van der Waals surface area contributed by atoms with Gasteiger partial charge in [-0.1, -0.05) is 30.3 Å². The molecule has 4 N–H and O–H groups in total. The van der Waals surface area contributed by atoms with E-state index in [0.29, 0.717) is 11.4 Å². The number of thiophene rings is 2. The molecule has 8 heteroatoms. The molecule has 0 spiro atoms. The number of hydrogen-bond acceptors (Lipinski definition) is 6. The Bertz CT molecular complexity index is 842. The number of carboxylic acids is 1. The fourth-order valence-corrected chi connectivity index (χ4v) is 3.12. The number of aromatic carboxylic acids is 1. The van der Waals surface area contributed by atoms with E-state index in [1.165, 1.54) is 28.8 Å². The molecule has 25 heavy (non-hydrogen) atoms. The maximum Gasteiger partial charge on any atom is 0.349 e. The lowest BCUT2D eigenvalue weighted by Gasteiger charge is -2.03. The van der Waals surface area contributed by atoms with Crippen molar-refractivity contribution in [3.63, 3.8) is 0 Å². The van der Waals surface area contributed by atoms with Gasteiger partial charge in [-0.2, -0.15) is 0 Å². The molecule has 1 amide bonds. The first-order valence-corrected chi connectivity index (χ1v) is 8.83. The van der Waals surface area contributed by atoms with Gasteiger partial charge < -0.3 is 20.6 Å². The van der Waals surface area contributed by atoms with Crippen molar-refractivity contribution < 1.29 is 24.9 Å². The Kier molecular flexibility index (Phi) is 6.55. The Morgan fingerprint density at radius 2 is 1.44 bits per heavy atom. The van der Waals surface area contributed by atoms with Crippen LogP contribution < -0.4 is 5.32 Å². The van der Waals surface area contributed by atoms with Crippen LogP contribution in [0.2, 0.25) is 0 Å². The van der Waals surface area contributed by atoms with Gasteiger partial charge in [0.05, 0.1) is 0 Å². The molecule has 1 aromatic carbocycles. The average molecular weight is 377 g/mol. The van der Waals surface area contributed by atoms with Crippen LogP contribution in [0.25, 0.3) is 0 Å². The summed E-state index contributed by atoms with van der Waals surface area (Å²) in [5.41, 5.74) is 1.03. The lowest BCUT2D eigenvalue weighted by atomic mass is 10.2. The van der Waals surface area contributed by atoms with Crippen LogP contribution in [0, 0.1) is 0 Å². The van der Waals surface area contributed by atoms with Crippen LogP contribution in [-0.2, 0) is 6.54 Å². The third kappa shape index (κ3) is 5.33. The minimum absolute atomic E-state index is 0.00463. The van der Waals surface area contributed by atoms with Crippen molar-refractivity contribution in [2.45, 2.75) is 6.54 Å². The Morgan fingerprint density at radius 3 is 1.88 bits per heavy atom. The third-order valence-corrected chi connectivity index (χ3v) is 4.78. The molecule has 0 radical (unpaired) electrons. The fraction of sp³-hybridized carbons (Fsp3) is 0.0588. The highest BCUT2D eigenvalue weighted by atomic mass is 32.1. The van der Waals surface area contributed by atoms with Gasteiger partial charge in [0.1, 0.15) is 16.4 Å². The molecule has 6 nitrogen and oxygen atoms in total. The molecule has 0 fully saturated rings. The summed E-state index contributed by atoms with van der Waals surface area (Å²) < 4.78 is 0. The molecule has 0 aliphatic rings. The standard InChI is InChI=1S/C12H11NO2S.C5H4O3S/c14-10-6-7-16-11(10)12(15)13-8-9-4-2-1-3-5-9;6-3-1-2-9-4(3)5(7)8/h1-7,14H,8H2,(H,13,15);1-2,6H,(H,7,8). The number of carbonyl (C=O) groups is 2. The normalized spacial score (nSPS) is 9.76. The molecule has 3 rings (SSSR count). The first-order valence-electron chi connectivity index (χ1n) is 7.07. The van der Waals surface area contributed by atoms with E-state index in [0.717, 1.165) is 16.9 Å². The topological polar surface area (TPSA) is 107 Å². The molecule has 2 aromatic heterocycles. The van der Waals surface area contributed by atoms with E-state index in [2.05, 4.69) is 5.32 Å². The summed E-state index contributed by atoms with van der Waals surface area (Å²) >= 11 is 2.24. The number of amides is 1. The minimum atomic E-state index is -1.08. The summed E-state index contributed by atoms with van der Waals surface area (Å²) in [7, 11) is 0. The average Bonchev–Trinajstić information content (AvgIpc) is 3.22. The third-order valence-electron chi connectivity index (χ3n) is 2.99. The van der Waals surface area contributed by atoms with Crippen LogP contribution in [0.3, 0.4) is 0 Å². The van der Waals surface area contributed by atoms with Gasteiger partial charge in [0.25, 0.3) is 5.91 Å². The van der Waals surface area contributed by atoms with Crippen molar-refractivity contribution >= 4 is 34.6 Å². The highest BCUT2D eigenvalue weighted by Crippen LogP contribution is 2.23. The van der Waals surface area contributed by atoms with E-state index in [-0.39, 0.29) is 22.3 Å². The van der Waals surface area contributed by atoms with Crippen molar-refractivity contribution in [2.75, 3.05) is 0 Å². The Hall–Kier alpha value is -2.84. The summed E-state index contributed by atoms with van der Waals surface area (Å²) in [6.07, 6.45) is 0. The molecule has 0 atom stereocenters. The molecule has 0 aliphatic heterocycles. The molecular weight excluding hydrogens is 362 g/mol. The van der Waals surface area contributed by atoms with Crippen LogP contribution in [0.4, 0.5) is 0 Å². The van der Waals surface area contributed by atoms with Crippen molar-refractivity contribution in [3.8, 4) is 11.5 Å². The van der Waals surface area contributed by atoms with E-state index in [1.807, 2.05) is 30.3 Å². The Labute approximate surface area is 151 Å². The van der Waals surface area contributed by atoms with E-state index < -0.39 is 5.97 Å². The number of rotatable bonds is 4. The number of nitrogens with one attached hydrogen (secondary N) is 1. The molecule has 3 aromatic rings. The zero-order chi connectivity index (χ0) is 18.2. The van der Waals surface area contributed by atoms with Crippen LogP contribution in [0.5, 0.6) is 11.5 Å². The van der Waals surface area contributed by atoms with Crippen molar-refractivity contribution in [2.24, 2.45) is 0 Å². The Morgan fingerprint density at radius 1 is 0.880 bits per heavy atom. The van der Waals surface area contributed by atoms with Gasteiger partial charge in [0.2, 0.25) is 0 Å². The molecule has 2 heterocycles. The quantitative estimate of drug-likeness (QED) is 0.556. The monoisotopic (exact) mass is 377 g/mol. The van der Waals surface area contributed by atoms with Crippen LogP contribution in [0.15, 0.2) is 53.2 Å². The summed E-state index contributed by atoms with van der Waals surface area (Å²) in [6.45, 7) is 0.469.